The first kappa shape index (κ1) is 13.8. The molecule has 0 spiro atoms. The number of nitrogens with zero attached hydrogens (tertiary/aromatic N) is 3. The average molecular weight is 757 g/mol. The SMILES string of the molecule is [2H]c1c([2H])c([2H])c(-c2c([2H])c([2H])c(-c3ccc(-n4c5c([2H])c([2H])c([2H])c([2H])c5c5c([2H])c([2H])c([2H])c(-n6c7c([2H])c([2H])c([2H])c([2H])c7c7c([2H])c(-n8c9c([2H])c([2H])c([2H])c([2H])c9c9c([2H])c([2H])c([2H])c([2H])c98)c([2H])c([2H])c76)c54)cc3)c([2H])c2[2H])c([2H])c1[2H]. The third kappa shape index (κ3) is 4.79. The zero-order valence-electron chi connectivity index (χ0n) is 59.7. The summed E-state index contributed by atoms with van der Waals surface area (Å²) in [5.41, 5.74) is -6.47. The highest BCUT2D eigenvalue weighted by atomic mass is 15.1. The minimum Gasteiger partial charge on any atom is -0.309 e. The molecule has 0 atom stereocenters. The molecule has 0 amide bonds. The van der Waals surface area contributed by atoms with Gasteiger partial charge in [-0.05, 0) is 82.7 Å². The van der Waals surface area contributed by atoms with Gasteiger partial charge in [0.05, 0.1) is 81.3 Å². The average Bonchev–Trinajstić information content (AvgIpc) is 1.52. The molecule has 3 nitrogen and oxygen atoms in total. The molecule has 0 aliphatic carbocycles. The predicted molar refractivity (Wildman–Crippen MR) is 240 cm³/mol. The fraction of sp³-hybridized carbons (Fsp3) is 0. The molecule has 0 radical (unpaired) electrons. The Hall–Kier alpha value is -7.62. The number of rotatable bonds is 5. The Kier molecular flexibility index (Phi) is 3.02. The summed E-state index contributed by atoms with van der Waals surface area (Å²) in [5, 5.41) is -3.03. The van der Waals surface area contributed by atoms with Crippen LogP contribution in [0.15, 0.2) is 212 Å². The van der Waals surface area contributed by atoms with E-state index in [1.54, 1.807) is 0 Å². The van der Waals surface area contributed by atoms with Gasteiger partial charge in [0, 0.05) is 43.7 Å². The molecule has 3 aromatic heterocycles. The van der Waals surface area contributed by atoms with Crippen molar-refractivity contribution in [2.45, 2.75) is 0 Å². The standard InChI is InChI=1S/C54H35N3/c1-2-13-36(14-3-1)37-25-27-38(28-26-37)39-29-31-40(32-30-39)56-50-22-10-6-17-44(50)46-19-12-24-53(54(46)56)57-51-23-11-7-18-45(51)47-35-41(33-34-52(47)57)55-48-20-8-4-15-42(48)43-16-5-9-21-49(43)55/h1-35H/i1D,2D,3D,4D,5D,6D,7D,8D,9D,10D,11D,12D,13D,14D,15D,16D,17D,18D,19D,20D,21D,22D,23D,24D,25D,26D,27D,28D,33D,34D,35D. The molecule has 0 aliphatic rings. The van der Waals surface area contributed by atoms with Crippen molar-refractivity contribution in [1.29, 1.82) is 0 Å². The van der Waals surface area contributed by atoms with E-state index in [0.717, 1.165) is 13.7 Å². The molecule has 0 aliphatic heterocycles. The summed E-state index contributed by atoms with van der Waals surface area (Å²) in [6, 6.07) is -20.9. The third-order valence-corrected chi connectivity index (χ3v) is 9.61. The fourth-order valence-corrected chi connectivity index (χ4v) is 7.19. The third-order valence-electron chi connectivity index (χ3n) is 9.61. The van der Waals surface area contributed by atoms with Crippen LogP contribution in [0, 0.1) is 0 Å². The predicted octanol–water partition coefficient (Wildman–Crippen LogP) is 14.3. The van der Waals surface area contributed by atoms with Crippen LogP contribution in [-0.2, 0) is 0 Å². The summed E-state index contributed by atoms with van der Waals surface area (Å²) in [6.45, 7) is 0. The van der Waals surface area contributed by atoms with E-state index in [1.807, 2.05) is 0 Å². The summed E-state index contributed by atoms with van der Waals surface area (Å²) in [6.07, 6.45) is 0. The molecule has 0 saturated heterocycles. The molecular formula is C54H35N3. The highest BCUT2D eigenvalue weighted by Crippen LogP contribution is 2.41. The number of hydrogen-bond acceptors (Lipinski definition) is 0. The van der Waals surface area contributed by atoms with E-state index < -0.39 is 275 Å². The van der Waals surface area contributed by atoms with Crippen molar-refractivity contribution in [3.05, 3.63) is 212 Å². The molecule has 0 fully saturated rings. The van der Waals surface area contributed by atoms with Gasteiger partial charge in [0.2, 0.25) is 0 Å². The van der Waals surface area contributed by atoms with Gasteiger partial charge in [-0.25, -0.2) is 0 Å². The van der Waals surface area contributed by atoms with Crippen molar-refractivity contribution in [2.24, 2.45) is 0 Å². The lowest BCUT2D eigenvalue weighted by molar-refractivity contribution is 1.13. The van der Waals surface area contributed by atoms with E-state index in [4.69, 9.17) is 28.8 Å². The molecule has 3 heteroatoms. The molecule has 0 N–H and O–H groups in total. The van der Waals surface area contributed by atoms with E-state index in [1.165, 1.54) is 24.3 Å². The maximum atomic E-state index is 10.1. The largest absolute Gasteiger partial charge is 0.309 e. The summed E-state index contributed by atoms with van der Waals surface area (Å²) in [7, 11) is 0. The quantitative estimate of drug-likeness (QED) is 0.166. The number of hydrogen-bond donors (Lipinski definition) is 0. The lowest BCUT2D eigenvalue weighted by Crippen LogP contribution is -2.01. The molecule has 3 heterocycles. The van der Waals surface area contributed by atoms with Crippen molar-refractivity contribution in [3.8, 4) is 39.3 Å². The van der Waals surface area contributed by atoms with Crippen LogP contribution in [0.1, 0.15) is 42.5 Å². The van der Waals surface area contributed by atoms with Gasteiger partial charge in [-0.15, -0.1) is 0 Å². The van der Waals surface area contributed by atoms with Gasteiger partial charge in [-0.3, -0.25) is 0 Å². The number of benzene rings is 9. The van der Waals surface area contributed by atoms with Crippen molar-refractivity contribution in [1.82, 2.24) is 13.7 Å². The highest BCUT2D eigenvalue weighted by Gasteiger charge is 2.21. The van der Waals surface area contributed by atoms with Crippen LogP contribution < -0.4 is 0 Å². The van der Waals surface area contributed by atoms with E-state index in [9.17, 15) is 13.7 Å². The molecule has 0 saturated carbocycles. The summed E-state index contributed by atoms with van der Waals surface area (Å²) >= 11 is 0. The van der Waals surface area contributed by atoms with Gasteiger partial charge in [0.1, 0.15) is 0 Å². The van der Waals surface area contributed by atoms with Gasteiger partial charge in [0.25, 0.3) is 0 Å². The number of aromatic nitrogens is 3. The van der Waals surface area contributed by atoms with Crippen LogP contribution in [0.4, 0.5) is 0 Å². The van der Waals surface area contributed by atoms with Crippen LogP contribution in [0.5, 0.6) is 0 Å². The number of para-hydroxylation sites is 5. The van der Waals surface area contributed by atoms with Crippen molar-refractivity contribution >= 4 is 65.4 Å². The summed E-state index contributed by atoms with van der Waals surface area (Å²) in [4.78, 5) is 0. The molecule has 57 heavy (non-hydrogen) atoms. The second-order valence-corrected chi connectivity index (χ2v) is 12.6. The zero-order chi connectivity index (χ0) is 64.4. The van der Waals surface area contributed by atoms with Gasteiger partial charge < -0.3 is 13.7 Å². The highest BCUT2D eigenvalue weighted by molar-refractivity contribution is 6.16. The van der Waals surface area contributed by atoms with Gasteiger partial charge in [0.15, 0.2) is 0 Å². The van der Waals surface area contributed by atoms with E-state index >= 15 is 0 Å². The molecule has 0 bridgehead atoms. The van der Waals surface area contributed by atoms with Crippen LogP contribution in [0.2, 0.25) is 0 Å². The Morgan fingerprint density at radius 3 is 1.37 bits per heavy atom. The minimum atomic E-state index is -1.02. The monoisotopic (exact) mass is 756 g/mol. The Labute approximate surface area is 373 Å². The fourth-order valence-electron chi connectivity index (χ4n) is 7.19. The molecular weight excluding hydrogens is 691 g/mol. The van der Waals surface area contributed by atoms with Crippen LogP contribution >= 0.6 is 0 Å². The minimum absolute atomic E-state index is 0.0413. The summed E-state index contributed by atoms with van der Waals surface area (Å²) < 4.78 is 283. The van der Waals surface area contributed by atoms with Crippen LogP contribution in [0.25, 0.3) is 105 Å². The Balaban J connectivity index is 1.24. The van der Waals surface area contributed by atoms with Gasteiger partial charge >= 0.3 is 0 Å². The van der Waals surface area contributed by atoms with Crippen molar-refractivity contribution in [3.63, 3.8) is 0 Å². The van der Waals surface area contributed by atoms with Gasteiger partial charge in [-0.1, -0.05) is 151 Å². The molecule has 12 rings (SSSR count). The molecule has 0 unspecified atom stereocenters. The van der Waals surface area contributed by atoms with E-state index in [-0.39, 0.29) is 16.8 Å². The first-order valence-corrected chi connectivity index (χ1v) is 17.1. The lowest BCUT2D eigenvalue weighted by atomic mass is 10.0. The van der Waals surface area contributed by atoms with E-state index in [2.05, 4.69) is 0 Å². The van der Waals surface area contributed by atoms with Crippen molar-refractivity contribution < 1.29 is 42.5 Å². The van der Waals surface area contributed by atoms with Crippen molar-refractivity contribution in [2.75, 3.05) is 0 Å². The Morgan fingerprint density at radius 1 is 0.281 bits per heavy atom. The van der Waals surface area contributed by atoms with Crippen LogP contribution in [0.3, 0.4) is 0 Å². The Bertz CT molecular complexity index is 5190. The van der Waals surface area contributed by atoms with E-state index in [0.29, 0.717) is 0 Å². The molecule has 266 valence electrons. The normalized spacial score (nSPS) is 19.5. The molecule has 9 aromatic carbocycles. The lowest BCUT2D eigenvalue weighted by Gasteiger charge is -2.15. The number of fused-ring (bicyclic) bond motifs is 9. The van der Waals surface area contributed by atoms with Gasteiger partial charge in [-0.2, -0.15) is 0 Å². The Morgan fingerprint density at radius 2 is 0.737 bits per heavy atom. The second kappa shape index (κ2) is 12.5. The summed E-state index contributed by atoms with van der Waals surface area (Å²) in [5.74, 6) is 0. The first-order chi connectivity index (χ1) is 41.2. The van der Waals surface area contributed by atoms with Crippen LogP contribution in [-0.4, -0.2) is 13.7 Å². The molecule has 12 aromatic rings. The zero-order valence-corrected chi connectivity index (χ0v) is 28.7. The smallest absolute Gasteiger partial charge is 0.0782 e. The second-order valence-electron chi connectivity index (χ2n) is 12.6. The maximum Gasteiger partial charge on any atom is 0.0782 e. The first-order valence-electron chi connectivity index (χ1n) is 32.6. The topological polar surface area (TPSA) is 14.8 Å². The maximum absolute atomic E-state index is 10.1.